The maximum absolute atomic E-state index is 12.0. The molecular weight excluding hydrogens is 264 g/mol. The van der Waals surface area contributed by atoms with Gasteiger partial charge in [-0.25, -0.2) is 4.68 Å². The van der Waals surface area contributed by atoms with E-state index in [2.05, 4.69) is 15.7 Å². The monoisotopic (exact) mass is 282 g/mol. The first kappa shape index (κ1) is 13.6. The third-order valence-electron chi connectivity index (χ3n) is 3.66. The van der Waals surface area contributed by atoms with Gasteiger partial charge in [-0.15, -0.1) is 0 Å². The van der Waals surface area contributed by atoms with Gasteiger partial charge in [0.1, 0.15) is 0 Å². The van der Waals surface area contributed by atoms with Crippen LogP contribution in [0.25, 0.3) is 5.69 Å². The molecule has 2 heterocycles. The fourth-order valence-corrected chi connectivity index (χ4v) is 2.16. The quantitative estimate of drug-likeness (QED) is 0.834. The molecule has 2 N–H and O–H groups in total. The molecule has 1 fully saturated rings. The number of carbonyl (C=O) groups excluding carboxylic acids is 1. The van der Waals surface area contributed by atoms with Crippen molar-refractivity contribution in [2.45, 2.75) is 13.5 Å². The highest BCUT2D eigenvalue weighted by molar-refractivity contribution is 5.93. The van der Waals surface area contributed by atoms with Gasteiger partial charge in [0, 0.05) is 37.0 Å². The first-order chi connectivity index (χ1) is 10.2. The highest BCUT2D eigenvalue weighted by Crippen LogP contribution is 2.10. The highest BCUT2D eigenvalue weighted by Gasteiger charge is 2.15. The van der Waals surface area contributed by atoms with Crippen LogP contribution < -0.4 is 10.6 Å². The Morgan fingerprint density at radius 3 is 2.76 bits per heavy atom. The molecule has 1 aromatic heterocycles. The summed E-state index contributed by atoms with van der Waals surface area (Å²) in [6, 6.07) is 9.90. The van der Waals surface area contributed by atoms with Gasteiger partial charge in [-0.05, 0) is 24.6 Å². The summed E-state index contributed by atoms with van der Waals surface area (Å²) in [4.78, 5) is 12.0. The molecule has 1 amide bonds. The van der Waals surface area contributed by atoms with E-state index in [0.29, 0.717) is 6.54 Å². The first-order valence-electron chi connectivity index (χ1n) is 7.00. The van der Waals surface area contributed by atoms with Gasteiger partial charge in [0.25, 0.3) is 0 Å². The van der Waals surface area contributed by atoms with Crippen molar-refractivity contribution in [3.63, 3.8) is 0 Å². The second kappa shape index (κ2) is 5.93. The van der Waals surface area contributed by atoms with Crippen LogP contribution in [-0.4, -0.2) is 28.8 Å². The van der Waals surface area contributed by atoms with Crippen LogP contribution in [0.15, 0.2) is 53.9 Å². The molecule has 0 bridgehead atoms. The van der Waals surface area contributed by atoms with Crippen molar-refractivity contribution < 1.29 is 4.79 Å². The molecule has 5 nitrogen and oxygen atoms in total. The SMILES string of the molecule is CC(C(=O)NCc1cnn(-c2ccccc2)c1)=C1CNC1. The zero-order valence-electron chi connectivity index (χ0n) is 12.0. The molecule has 1 aromatic carbocycles. The van der Waals surface area contributed by atoms with Gasteiger partial charge in [-0.2, -0.15) is 5.10 Å². The van der Waals surface area contributed by atoms with E-state index in [1.807, 2.05) is 48.1 Å². The number of rotatable bonds is 4. The molecule has 0 saturated carbocycles. The zero-order chi connectivity index (χ0) is 14.7. The van der Waals surface area contributed by atoms with Crippen molar-refractivity contribution in [3.8, 4) is 5.69 Å². The van der Waals surface area contributed by atoms with Crippen molar-refractivity contribution in [1.82, 2.24) is 20.4 Å². The van der Waals surface area contributed by atoms with Crippen molar-refractivity contribution >= 4 is 5.91 Å². The highest BCUT2D eigenvalue weighted by atomic mass is 16.1. The summed E-state index contributed by atoms with van der Waals surface area (Å²) in [5, 5.41) is 10.4. The average Bonchev–Trinajstić information content (AvgIpc) is 2.92. The van der Waals surface area contributed by atoms with Crippen LogP contribution in [0.4, 0.5) is 0 Å². The van der Waals surface area contributed by atoms with E-state index in [1.165, 1.54) is 5.57 Å². The molecule has 2 aromatic rings. The molecule has 1 saturated heterocycles. The lowest BCUT2D eigenvalue weighted by molar-refractivity contribution is -0.117. The number of amides is 1. The largest absolute Gasteiger partial charge is 0.348 e. The minimum absolute atomic E-state index is 0.000962. The number of carbonyl (C=O) groups is 1. The number of nitrogens with one attached hydrogen (secondary N) is 2. The van der Waals surface area contributed by atoms with Crippen LogP contribution in [-0.2, 0) is 11.3 Å². The zero-order valence-corrected chi connectivity index (χ0v) is 12.0. The number of para-hydroxylation sites is 1. The maximum atomic E-state index is 12.0. The number of nitrogens with zero attached hydrogens (tertiary/aromatic N) is 2. The van der Waals surface area contributed by atoms with Crippen LogP contribution in [0.1, 0.15) is 12.5 Å². The second-order valence-electron chi connectivity index (χ2n) is 5.14. The molecule has 0 unspecified atom stereocenters. The fraction of sp³-hybridized carbons (Fsp3) is 0.250. The van der Waals surface area contributed by atoms with Gasteiger partial charge in [0.2, 0.25) is 5.91 Å². The van der Waals surface area contributed by atoms with Gasteiger partial charge in [-0.3, -0.25) is 4.79 Å². The first-order valence-corrected chi connectivity index (χ1v) is 7.00. The Bertz CT molecular complexity index is 667. The van der Waals surface area contributed by atoms with Crippen LogP contribution in [0, 0.1) is 0 Å². The molecule has 108 valence electrons. The molecule has 0 spiro atoms. The summed E-state index contributed by atoms with van der Waals surface area (Å²) >= 11 is 0. The smallest absolute Gasteiger partial charge is 0.247 e. The number of aromatic nitrogens is 2. The molecule has 21 heavy (non-hydrogen) atoms. The number of hydrogen-bond acceptors (Lipinski definition) is 3. The van der Waals surface area contributed by atoms with E-state index in [1.54, 1.807) is 6.20 Å². The summed E-state index contributed by atoms with van der Waals surface area (Å²) in [6.45, 7) is 4.01. The van der Waals surface area contributed by atoms with Gasteiger partial charge in [0.05, 0.1) is 11.9 Å². The Kier molecular flexibility index (Phi) is 3.83. The third kappa shape index (κ3) is 3.03. The predicted molar refractivity (Wildman–Crippen MR) is 81.0 cm³/mol. The van der Waals surface area contributed by atoms with E-state index in [-0.39, 0.29) is 5.91 Å². The third-order valence-corrected chi connectivity index (χ3v) is 3.66. The van der Waals surface area contributed by atoms with Crippen molar-refractivity contribution in [2.24, 2.45) is 0 Å². The van der Waals surface area contributed by atoms with E-state index in [9.17, 15) is 4.79 Å². The molecule has 3 rings (SSSR count). The van der Waals surface area contributed by atoms with Gasteiger partial charge in [-0.1, -0.05) is 18.2 Å². The Balaban J connectivity index is 1.62. The maximum Gasteiger partial charge on any atom is 0.247 e. The second-order valence-corrected chi connectivity index (χ2v) is 5.14. The van der Waals surface area contributed by atoms with E-state index >= 15 is 0 Å². The number of hydrogen-bond donors (Lipinski definition) is 2. The topological polar surface area (TPSA) is 59.0 Å². The summed E-state index contributed by atoms with van der Waals surface area (Å²) in [5.41, 5.74) is 4.00. The van der Waals surface area contributed by atoms with Crippen LogP contribution in [0.5, 0.6) is 0 Å². The van der Waals surface area contributed by atoms with Crippen LogP contribution >= 0.6 is 0 Å². The van der Waals surface area contributed by atoms with Crippen LogP contribution in [0.3, 0.4) is 0 Å². The Morgan fingerprint density at radius 2 is 2.10 bits per heavy atom. The molecule has 1 aliphatic rings. The van der Waals surface area contributed by atoms with Gasteiger partial charge >= 0.3 is 0 Å². The molecule has 1 aliphatic heterocycles. The van der Waals surface area contributed by atoms with E-state index < -0.39 is 0 Å². The van der Waals surface area contributed by atoms with Crippen molar-refractivity contribution in [2.75, 3.05) is 13.1 Å². The summed E-state index contributed by atoms with van der Waals surface area (Å²) in [6.07, 6.45) is 3.71. The summed E-state index contributed by atoms with van der Waals surface area (Å²) in [7, 11) is 0. The lowest BCUT2D eigenvalue weighted by Crippen LogP contribution is -2.37. The van der Waals surface area contributed by atoms with Gasteiger partial charge < -0.3 is 10.6 Å². The minimum atomic E-state index is -0.000962. The van der Waals surface area contributed by atoms with E-state index in [0.717, 1.165) is 29.9 Å². The molecule has 5 heteroatoms. The lowest BCUT2D eigenvalue weighted by Gasteiger charge is -2.21. The fourth-order valence-electron chi connectivity index (χ4n) is 2.16. The Labute approximate surface area is 123 Å². The van der Waals surface area contributed by atoms with Gasteiger partial charge in [0.15, 0.2) is 0 Å². The normalized spacial score (nSPS) is 13.7. The molecule has 0 aliphatic carbocycles. The molecule has 0 radical (unpaired) electrons. The Hall–Kier alpha value is -2.40. The average molecular weight is 282 g/mol. The van der Waals surface area contributed by atoms with Crippen molar-refractivity contribution in [1.29, 1.82) is 0 Å². The summed E-state index contributed by atoms with van der Waals surface area (Å²) < 4.78 is 1.81. The van der Waals surface area contributed by atoms with Crippen molar-refractivity contribution in [3.05, 3.63) is 59.4 Å². The summed E-state index contributed by atoms with van der Waals surface area (Å²) in [5.74, 6) is -0.000962. The molecular formula is C16H18N4O. The molecule has 0 atom stereocenters. The standard InChI is InChI=1S/C16H18N4O/c1-12(14-9-17-10-14)16(21)18-7-13-8-19-20(11-13)15-5-3-2-4-6-15/h2-6,8,11,17H,7,9-10H2,1H3,(H,18,21). The predicted octanol–water partition coefficient (Wildman–Crippen LogP) is 1.41. The number of benzene rings is 1. The lowest BCUT2D eigenvalue weighted by atomic mass is 10.0. The van der Waals surface area contributed by atoms with E-state index in [4.69, 9.17) is 0 Å². The minimum Gasteiger partial charge on any atom is -0.348 e. The Morgan fingerprint density at radius 1 is 1.33 bits per heavy atom. The van der Waals surface area contributed by atoms with Crippen LogP contribution in [0.2, 0.25) is 0 Å².